The summed E-state index contributed by atoms with van der Waals surface area (Å²) in [5.41, 5.74) is 2.87. The van der Waals surface area contributed by atoms with Gasteiger partial charge >= 0.3 is 0 Å². The third-order valence-electron chi connectivity index (χ3n) is 4.97. The lowest BCUT2D eigenvalue weighted by molar-refractivity contribution is -0.118. The zero-order valence-electron chi connectivity index (χ0n) is 16.9. The van der Waals surface area contributed by atoms with Crippen LogP contribution in [0.1, 0.15) is 24.5 Å². The first kappa shape index (κ1) is 20.8. The number of ether oxygens (including phenoxy) is 1. The highest BCUT2D eigenvalue weighted by Gasteiger charge is 2.13. The number of carbonyl (C=O) groups excluding carboxylic acids is 1. The summed E-state index contributed by atoms with van der Waals surface area (Å²) >= 11 is 0. The molecule has 0 aromatic heterocycles. The van der Waals surface area contributed by atoms with E-state index in [-0.39, 0.29) is 25.2 Å². The van der Waals surface area contributed by atoms with Crippen LogP contribution in [-0.2, 0) is 11.3 Å². The van der Waals surface area contributed by atoms with E-state index in [0.717, 1.165) is 34.0 Å². The molecule has 0 aliphatic rings. The minimum Gasteiger partial charge on any atom is -0.483 e. The molecule has 5 nitrogen and oxygen atoms in total. The molecule has 0 unspecified atom stereocenters. The van der Waals surface area contributed by atoms with Crippen LogP contribution in [0.2, 0.25) is 0 Å². The Morgan fingerprint density at radius 2 is 1.83 bits per heavy atom. The number of hydrogen-bond donors (Lipinski definition) is 3. The van der Waals surface area contributed by atoms with Gasteiger partial charge in [-0.05, 0) is 42.3 Å². The number of hydrogen-bond acceptors (Lipinski definition) is 4. The molecule has 5 heteroatoms. The molecule has 3 N–H and O–H groups in total. The van der Waals surface area contributed by atoms with Gasteiger partial charge in [0.2, 0.25) is 0 Å². The fourth-order valence-electron chi connectivity index (χ4n) is 3.20. The molecule has 0 saturated heterocycles. The Labute approximate surface area is 171 Å². The fourth-order valence-corrected chi connectivity index (χ4v) is 3.20. The minimum absolute atomic E-state index is 0.0201. The van der Waals surface area contributed by atoms with Crippen LogP contribution in [0.3, 0.4) is 0 Å². The first-order valence-corrected chi connectivity index (χ1v) is 9.95. The van der Waals surface area contributed by atoms with Gasteiger partial charge in [-0.15, -0.1) is 0 Å². The van der Waals surface area contributed by atoms with Crippen molar-refractivity contribution in [2.45, 2.75) is 32.9 Å². The molecule has 1 amide bonds. The van der Waals surface area contributed by atoms with E-state index in [1.54, 1.807) is 0 Å². The highest BCUT2D eigenvalue weighted by Crippen LogP contribution is 2.28. The Morgan fingerprint density at radius 3 is 2.55 bits per heavy atom. The van der Waals surface area contributed by atoms with Crippen molar-refractivity contribution < 1.29 is 14.6 Å². The predicted octanol–water partition coefficient (Wildman–Crippen LogP) is 4.03. The summed E-state index contributed by atoms with van der Waals surface area (Å²) in [5, 5.41) is 17.9. The van der Waals surface area contributed by atoms with Crippen LogP contribution in [0.15, 0.2) is 60.7 Å². The summed E-state index contributed by atoms with van der Waals surface area (Å²) in [6.07, 6.45) is 0.830. The molecule has 29 heavy (non-hydrogen) atoms. The van der Waals surface area contributed by atoms with Gasteiger partial charge < -0.3 is 20.5 Å². The van der Waals surface area contributed by atoms with E-state index < -0.39 is 0 Å². The minimum atomic E-state index is -0.206. The SMILES string of the molecule is CC[C@@H](CO)NCc1c(OCC(=O)Nc2ccc(C)cc2)ccc2ccccc12. The van der Waals surface area contributed by atoms with E-state index in [0.29, 0.717) is 12.3 Å². The molecule has 3 aromatic rings. The largest absolute Gasteiger partial charge is 0.483 e. The van der Waals surface area contributed by atoms with E-state index in [2.05, 4.69) is 16.7 Å². The summed E-state index contributed by atoms with van der Waals surface area (Å²) in [5.74, 6) is 0.464. The third kappa shape index (κ3) is 5.56. The van der Waals surface area contributed by atoms with Crippen molar-refractivity contribution in [3.63, 3.8) is 0 Å². The number of aliphatic hydroxyl groups excluding tert-OH is 1. The number of amides is 1. The van der Waals surface area contributed by atoms with Gasteiger partial charge in [0.25, 0.3) is 5.91 Å². The van der Waals surface area contributed by atoms with Gasteiger partial charge in [-0.25, -0.2) is 0 Å². The first-order chi connectivity index (χ1) is 14.1. The molecule has 0 spiro atoms. The van der Waals surface area contributed by atoms with Crippen LogP contribution in [0.4, 0.5) is 5.69 Å². The van der Waals surface area contributed by atoms with Gasteiger partial charge in [0.15, 0.2) is 6.61 Å². The Morgan fingerprint density at radius 1 is 1.07 bits per heavy atom. The summed E-state index contributed by atoms with van der Waals surface area (Å²) < 4.78 is 5.89. The topological polar surface area (TPSA) is 70.6 Å². The maximum Gasteiger partial charge on any atom is 0.262 e. The molecule has 0 heterocycles. The number of carbonyl (C=O) groups is 1. The van der Waals surface area contributed by atoms with Crippen LogP contribution in [-0.4, -0.2) is 30.3 Å². The summed E-state index contributed by atoms with van der Waals surface area (Å²) in [4.78, 5) is 12.3. The maximum absolute atomic E-state index is 12.3. The second-order valence-electron chi connectivity index (χ2n) is 7.13. The second kappa shape index (κ2) is 10.0. The van der Waals surface area contributed by atoms with Crippen LogP contribution in [0.25, 0.3) is 10.8 Å². The van der Waals surface area contributed by atoms with Gasteiger partial charge in [0.05, 0.1) is 6.61 Å². The number of nitrogens with one attached hydrogen (secondary N) is 2. The number of benzene rings is 3. The monoisotopic (exact) mass is 392 g/mol. The number of fused-ring (bicyclic) bond motifs is 1. The smallest absolute Gasteiger partial charge is 0.262 e. The quantitative estimate of drug-likeness (QED) is 0.514. The van der Waals surface area contributed by atoms with Gasteiger partial charge in [-0.2, -0.15) is 0 Å². The molecule has 1 atom stereocenters. The molecule has 3 aromatic carbocycles. The van der Waals surface area contributed by atoms with Gasteiger partial charge in [-0.3, -0.25) is 4.79 Å². The lowest BCUT2D eigenvalue weighted by Gasteiger charge is -2.18. The van der Waals surface area contributed by atoms with Crippen molar-refractivity contribution in [3.8, 4) is 5.75 Å². The van der Waals surface area contributed by atoms with E-state index >= 15 is 0 Å². The number of anilines is 1. The van der Waals surface area contributed by atoms with Crippen molar-refractivity contribution in [1.82, 2.24) is 5.32 Å². The van der Waals surface area contributed by atoms with Crippen molar-refractivity contribution in [2.24, 2.45) is 0 Å². The van der Waals surface area contributed by atoms with Crippen molar-refractivity contribution in [3.05, 3.63) is 71.8 Å². The van der Waals surface area contributed by atoms with Gasteiger partial charge in [0, 0.05) is 23.8 Å². The van der Waals surface area contributed by atoms with Crippen molar-refractivity contribution in [1.29, 1.82) is 0 Å². The first-order valence-electron chi connectivity index (χ1n) is 9.95. The van der Waals surface area contributed by atoms with E-state index in [1.165, 1.54) is 0 Å². The Kier molecular flexibility index (Phi) is 7.22. The molecule has 0 aliphatic carbocycles. The molecular weight excluding hydrogens is 364 g/mol. The molecule has 0 radical (unpaired) electrons. The second-order valence-corrected chi connectivity index (χ2v) is 7.13. The van der Waals surface area contributed by atoms with Crippen LogP contribution in [0, 0.1) is 6.92 Å². The lowest BCUT2D eigenvalue weighted by atomic mass is 10.0. The average Bonchev–Trinajstić information content (AvgIpc) is 2.75. The molecule has 0 fully saturated rings. The zero-order chi connectivity index (χ0) is 20.6. The van der Waals surface area contributed by atoms with Gasteiger partial charge in [0.1, 0.15) is 5.75 Å². The van der Waals surface area contributed by atoms with Crippen molar-refractivity contribution >= 4 is 22.4 Å². The van der Waals surface area contributed by atoms with Gasteiger partial charge in [-0.1, -0.05) is 55.0 Å². The highest BCUT2D eigenvalue weighted by molar-refractivity contribution is 5.92. The molecule has 0 bridgehead atoms. The highest BCUT2D eigenvalue weighted by atomic mass is 16.5. The van der Waals surface area contributed by atoms with Crippen LogP contribution >= 0.6 is 0 Å². The Balaban J connectivity index is 1.74. The molecule has 3 rings (SSSR count). The Bertz CT molecular complexity index is 950. The number of aliphatic hydroxyl groups is 1. The summed E-state index contributed by atoms with van der Waals surface area (Å²) in [6, 6.07) is 19.7. The summed E-state index contributed by atoms with van der Waals surface area (Å²) in [7, 11) is 0. The number of rotatable bonds is 9. The Hall–Kier alpha value is -2.89. The third-order valence-corrected chi connectivity index (χ3v) is 4.97. The summed E-state index contributed by atoms with van der Waals surface area (Å²) in [6.45, 7) is 4.59. The van der Waals surface area contributed by atoms with E-state index in [4.69, 9.17) is 4.74 Å². The average molecular weight is 392 g/mol. The normalized spacial score (nSPS) is 12.0. The van der Waals surface area contributed by atoms with E-state index in [1.807, 2.05) is 68.4 Å². The predicted molar refractivity (Wildman–Crippen MR) is 117 cm³/mol. The molecule has 0 saturated carbocycles. The molecule has 0 aliphatic heterocycles. The standard InChI is InChI=1S/C24H28N2O3/c1-3-19(15-27)25-14-22-21-7-5-4-6-18(21)10-13-23(22)29-16-24(28)26-20-11-8-17(2)9-12-20/h4-13,19,25,27H,3,14-16H2,1-2H3,(H,26,28)/t19-/m0/s1. The maximum atomic E-state index is 12.3. The number of aryl methyl sites for hydroxylation is 1. The zero-order valence-corrected chi connectivity index (χ0v) is 16.9. The van der Waals surface area contributed by atoms with Crippen LogP contribution < -0.4 is 15.4 Å². The molecular formula is C24H28N2O3. The lowest BCUT2D eigenvalue weighted by Crippen LogP contribution is -2.31. The van der Waals surface area contributed by atoms with Crippen LogP contribution in [0.5, 0.6) is 5.75 Å². The van der Waals surface area contributed by atoms with Crippen molar-refractivity contribution in [2.75, 3.05) is 18.5 Å². The fraction of sp³-hybridized carbons (Fsp3) is 0.292. The van der Waals surface area contributed by atoms with E-state index in [9.17, 15) is 9.90 Å². The molecule has 152 valence electrons.